The molecule has 0 N–H and O–H groups in total. The lowest BCUT2D eigenvalue weighted by molar-refractivity contribution is 0.104. The van der Waals surface area contributed by atoms with E-state index >= 15 is 0 Å². The molecule has 0 fully saturated rings. The molecule has 0 heterocycles. The maximum absolute atomic E-state index is 12.8. The zero-order valence-corrected chi connectivity index (χ0v) is 13.5. The van der Waals surface area contributed by atoms with Crippen molar-refractivity contribution in [1.29, 1.82) is 0 Å². The van der Waals surface area contributed by atoms with E-state index in [4.69, 9.17) is 0 Å². The first-order valence-electron chi connectivity index (χ1n) is 6.81. The summed E-state index contributed by atoms with van der Waals surface area (Å²) in [5, 5.41) is 0. The molecule has 0 aliphatic heterocycles. The number of rotatable bonds is 5. The zero-order valence-electron chi connectivity index (χ0n) is 12.7. The van der Waals surface area contributed by atoms with E-state index in [1.54, 1.807) is 18.2 Å². The molecule has 0 aromatic heterocycles. The van der Waals surface area contributed by atoms with Crippen LogP contribution in [0, 0.1) is 5.82 Å². The Kier molecular flexibility index (Phi) is 5.08. The second-order valence-corrected chi connectivity index (χ2v) is 7.21. The number of carbonyl (C=O) groups excluding carboxylic acids is 1. The van der Waals surface area contributed by atoms with Crippen molar-refractivity contribution in [2.24, 2.45) is 0 Å². The Morgan fingerprint density at radius 2 is 1.57 bits per heavy atom. The number of hydrogen-bond donors (Lipinski definition) is 0. The molecule has 2 rings (SSSR count). The molecule has 0 aliphatic carbocycles. The average molecular weight is 333 g/mol. The molecule has 4 nitrogen and oxygen atoms in total. The van der Waals surface area contributed by atoms with Crippen LogP contribution < -0.4 is 0 Å². The van der Waals surface area contributed by atoms with Crippen molar-refractivity contribution >= 4 is 21.9 Å². The summed E-state index contributed by atoms with van der Waals surface area (Å²) < 4.78 is 37.8. The molecule has 0 bridgehead atoms. The molecule has 0 spiro atoms. The highest BCUT2D eigenvalue weighted by Crippen LogP contribution is 2.15. The highest BCUT2D eigenvalue weighted by molar-refractivity contribution is 7.89. The maximum atomic E-state index is 12.8. The van der Waals surface area contributed by atoms with E-state index in [-0.39, 0.29) is 16.5 Å². The SMILES string of the molecule is CN(C)S(=O)(=O)c1ccc(C(=O)C=Cc2ccc(F)cc2)cc1. The van der Waals surface area contributed by atoms with Crippen LogP contribution in [0.2, 0.25) is 0 Å². The van der Waals surface area contributed by atoms with Crippen LogP contribution in [0.3, 0.4) is 0 Å². The van der Waals surface area contributed by atoms with Gasteiger partial charge < -0.3 is 0 Å². The fourth-order valence-corrected chi connectivity index (χ4v) is 2.75. The lowest BCUT2D eigenvalue weighted by atomic mass is 10.1. The molecule has 0 saturated carbocycles. The number of benzene rings is 2. The smallest absolute Gasteiger partial charge is 0.242 e. The molecule has 0 atom stereocenters. The fraction of sp³-hybridized carbons (Fsp3) is 0.118. The van der Waals surface area contributed by atoms with Gasteiger partial charge in [0.15, 0.2) is 5.78 Å². The third-order valence-electron chi connectivity index (χ3n) is 3.21. The molecule has 120 valence electrons. The van der Waals surface area contributed by atoms with E-state index < -0.39 is 10.0 Å². The molecule has 0 radical (unpaired) electrons. The average Bonchev–Trinajstić information content (AvgIpc) is 2.54. The number of sulfonamides is 1. The predicted octanol–water partition coefficient (Wildman–Crippen LogP) is 2.97. The molecule has 0 aliphatic rings. The number of allylic oxidation sites excluding steroid dienone is 1. The van der Waals surface area contributed by atoms with Gasteiger partial charge in [-0.25, -0.2) is 17.1 Å². The maximum Gasteiger partial charge on any atom is 0.242 e. The molecule has 6 heteroatoms. The van der Waals surface area contributed by atoms with Gasteiger partial charge in [0.2, 0.25) is 10.0 Å². The first kappa shape index (κ1) is 17.1. The second-order valence-electron chi connectivity index (χ2n) is 5.06. The summed E-state index contributed by atoms with van der Waals surface area (Å²) in [4.78, 5) is 12.2. The standard InChI is InChI=1S/C17H16FNO3S/c1-19(2)23(21,22)16-10-6-14(7-11-16)17(20)12-5-13-3-8-15(18)9-4-13/h3-12H,1-2H3. The number of ketones is 1. The minimum atomic E-state index is -3.51. The normalized spacial score (nSPS) is 12.0. The van der Waals surface area contributed by atoms with Crippen LogP contribution in [0.4, 0.5) is 4.39 Å². The van der Waals surface area contributed by atoms with Crippen LogP contribution in [0.1, 0.15) is 15.9 Å². The van der Waals surface area contributed by atoms with Crippen LogP contribution in [0.15, 0.2) is 59.5 Å². The van der Waals surface area contributed by atoms with Crippen molar-refractivity contribution in [3.05, 3.63) is 71.6 Å². The van der Waals surface area contributed by atoms with Crippen molar-refractivity contribution in [2.75, 3.05) is 14.1 Å². The van der Waals surface area contributed by atoms with Gasteiger partial charge in [-0.1, -0.05) is 18.2 Å². The number of nitrogens with zero attached hydrogens (tertiary/aromatic N) is 1. The van der Waals surface area contributed by atoms with E-state index in [0.717, 1.165) is 4.31 Å². The quantitative estimate of drug-likeness (QED) is 0.624. The van der Waals surface area contributed by atoms with Crippen molar-refractivity contribution < 1.29 is 17.6 Å². The minimum absolute atomic E-state index is 0.126. The summed E-state index contributed by atoms with van der Waals surface area (Å²) >= 11 is 0. The van der Waals surface area contributed by atoms with E-state index in [2.05, 4.69) is 0 Å². The third kappa shape index (κ3) is 4.12. The van der Waals surface area contributed by atoms with Gasteiger partial charge in [0, 0.05) is 19.7 Å². The van der Waals surface area contributed by atoms with Gasteiger partial charge in [-0.3, -0.25) is 4.79 Å². The molecule has 2 aromatic carbocycles. The molecule has 0 amide bonds. The molecule has 0 saturated heterocycles. The van der Waals surface area contributed by atoms with Gasteiger partial charge in [-0.15, -0.1) is 0 Å². The van der Waals surface area contributed by atoms with Crippen LogP contribution in [-0.2, 0) is 10.0 Å². The summed E-state index contributed by atoms with van der Waals surface area (Å²) in [5.41, 5.74) is 1.08. The Bertz CT molecular complexity index is 823. The Labute approximate surface area is 134 Å². The van der Waals surface area contributed by atoms with Gasteiger partial charge >= 0.3 is 0 Å². The van der Waals surface area contributed by atoms with Crippen molar-refractivity contribution in [3.8, 4) is 0 Å². The summed E-state index contributed by atoms with van der Waals surface area (Å²) in [6, 6.07) is 11.5. The van der Waals surface area contributed by atoms with Crippen LogP contribution in [-0.4, -0.2) is 32.6 Å². The first-order chi connectivity index (χ1) is 10.8. The number of hydrogen-bond acceptors (Lipinski definition) is 3. The molecular weight excluding hydrogens is 317 g/mol. The molecule has 2 aromatic rings. The van der Waals surface area contributed by atoms with Gasteiger partial charge in [0.05, 0.1) is 4.90 Å². The summed E-state index contributed by atoms with van der Waals surface area (Å²) in [7, 11) is -0.622. The predicted molar refractivity (Wildman–Crippen MR) is 87.1 cm³/mol. The summed E-state index contributed by atoms with van der Waals surface area (Å²) in [6.45, 7) is 0. The highest BCUT2D eigenvalue weighted by atomic mass is 32.2. The number of carbonyl (C=O) groups is 1. The van der Waals surface area contributed by atoms with Crippen molar-refractivity contribution in [3.63, 3.8) is 0 Å². The Morgan fingerprint density at radius 3 is 2.09 bits per heavy atom. The van der Waals surface area contributed by atoms with Gasteiger partial charge in [0.25, 0.3) is 0 Å². The number of halogens is 1. The van der Waals surface area contributed by atoms with Crippen LogP contribution in [0.5, 0.6) is 0 Å². The molecular formula is C17H16FNO3S. The zero-order chi connectivity index (χ0) is 17.0. The van der Waals surface area contributed by atoms with E-state index in [9.17, 15) is 17.6 Å². The first-order valence-corrected chi connectivity index (χ1v) is 8.25. The fourth-order valence-electron chi connectivity index (χ4n) is 1.84. The highest BCUT2D eigenvalue weighted by Gasteiger charge is 2.17. The summed E-state index contributed by atoms with van der Waals surface area (Å²) in [5.74, 6) is -0.603. The Morgan fingerprint density at radius 1 is 1.00 bits per heavy atom. The van der Waals surface area contributed by atoms with E-state index in [0.29, 0.717) is 11.1 Å². The van der Waals surface area contributed by atoms with E-state index in [1.807, 2.05) is 0 Å². The van der Waals surface area contributed by atoms with Crippen molar-refractivity contribution in [2.45, 2.75) is 4.90 Å². The third-order valence-corrected chi connectivity index (χ3v) is 5.04. The lowest BCUT2D eigenvalue weighted by Crippen LogP contribution is -2.22. The largest absolute Gasteiger partial charge is 0.289 e. The van der Waals surface area contributed by atoms with Crippen LogP contribution >= 0.6 is 0 Å². The van der Waals surface area contributed by atoms with Gasteiger partial charge in [0.1, 0.15) is 5.82 Å². The molecule has 23 heavy (non-hydrogen) atoms. The minimum Gasteiger partial charge on any atom is -0.289 e. The van der Waals surface area contributed by atoms with Gasteiger partial charge in [-0.2, -0.15) is 0 Å². The molecule has 0 unspecified atom stereocenters. The Hall–Kier alpha value is -2.31. The van der Waals surface area contributed by atoms with Gasteiger partial charge in [-0.05, 0) is 48.0 Å². The topological polar surface area (TPSA) is 54.5 Å². The lowest BCUT2D eigenvalue weighted by Gasteiger charge is -2.11. The Balaban J connectivity index is 2.16. The van der Waals surface area contributed by atoms with Crippen LogP contribution in [0.25, 0.3) is 6.08 Å². The van der Waals surface area contributed by atoms with E-state index in [1.165, 1.54) is 56.6 Å². The van der Waals surface area contributed by atoms with Crippen molar-refractivity contribution in [1.82, 2.24) is 4.31 Å². The second kappa shape index (κ2) is 6.85. The summed E-state index contributed by atoms with van der Waals surface area (Å²) in [6.07, 6.45) is 2.94. The monoisotopic (exact) mass is 333 g/mol.